The van der Waals surface area contributed by atoms with Gasteiger partial charge in [-0.1, -0.05) is 48.0 Å². The summed E-state index contributed by atoms with van der Waals surface area (Å²) in [4.78, 5) is 17.3. The number of carbonyl (C=O) groups is 1. The molecular formula is C26H22Cl2N2O5S2. The number of nitrogens with zero attached hydrogens (tertiary/aromatic N) is 1. The van der Waals surface area contributed by atoms with Gasteiger partial charge in [0.1, 0.15) is 22.1 Å². The number of benzene rings is 2. The van der Waals surface area contributed by atoms with Crippen molar-refractivity contribution in [3.8, 4) is 16.2 Å². The third kappa shape index (κ3) is 5.66. The smallest absolute Gasteiger partial charge is 0.325 e. The molecule has 7 nitrogen and oxygen atoms in total. The van der Waals surface area contributed by atoms with Crippen molar-refractivity contribution in [1.82, 2.24) is 9.71 Å². The molecule has 1 aliphatic carbocycles. The molecule has 1 aliphatic rings. The van der Waals surface area contributed by atoms with Crippen LogP contribution in [0, 0.1) is 0 Å². The van der Waals surface area contributed by atoms with E-state index in [2.05, 4.69) is 9.71 Å². The first-order valence-electron chi connectivity index (χ1n) is 11.0. The number of sulfonamides is 1. The Morgan fingerprint density at radius 1 is 1.08 bits per heavy atom. The SMILES string of the molecule is Cl.O=C(O)C1(NS(=O)(=O)c2ccc(-c3ccc(Cl)cc3)s2)CC1c1ccccc1OCc1ccccn1. The van der Waals surface area contributed by atoms with Crippen molar-refractivity contribution in [1.29, 1.82) is 0 Å². The Kier molecular flexibility index (Phi) is 7.91. The van der Waals surface area contributed by atoms with Gasteiger partial charge in [-0.25, -0.2) is 8.42 Å². The molecule has 5 rings (SSSR count). The second-order valence-corrected chi connectivity index (χ2v) is 11.8. The minimum absolute atomic E-state index is 0. The van der Waals surface area contributed by atoms with E-state index >= 15 is 0 Å². The van der Waals surface area contributed by atoms with Crippen LogP contribution < -0.4 is 9.46 Å². The third-order valence-electron chi connectivity index (χ3n) is 6.03. The van der Waals surface area contributed by atoms with Crippen molar-refractivity contribution in [2.24, 2.45) is 0 Å². The van der Waals surface area contributed by atoms with Crippen LogP contribution >= 0.6 is 35.3 Å². The van der Waals surface area contributed by atoms with E-state index in [4.69, 9.17) is 16.3 Å². The molecule has 2 atom stereocenters. The molecule has 0 saturated heterocycles. The maximum atomic E-state index is 13.2. The Labute approximate surface area is 229 Å². The van der Waals surface area contributed by atoms with Crippen molar-refractivity contribution < 1.29 is 23.1 Å². The highest BCUT2D eigenvalue weighted by atomic mass is 35.5. The van der Waals surface area contributed by atoms with E-state index in [9.17, 15) is 18.3 Å². The van der Waals surface area contributed by atoms with Gasteiger partial charge in [0.25, 0.3) is 10.0 Å². The molecule has 2 heterocycles. The summed E-state index contributed by atoms with van der Waals surface area (Å²) >= 11 is 7.01. The molecule has 2 unspecified atom stereocenters. The maximum Gasteiger partial charge on any atom is 0.325 e. The molecule has 11 heteroatoms. The Hall–Kier alpha value is -2.95. The molecule has 0 bridgehead atoms. The second kappa shape index (κ2) is 10.8. The standard InChI is InChI=1S/C26H21ClN2O5S2.ClH/c27-18-10-8-17(9-11-18)23-12-13-24(35-23)36(32,33)29-26(25(30)31)15-21(26)20-6-1-2-7-22(20)34-16-19-5-3-4-14-28-19;/h1-14,21,29H,15-16H2,(H,30,31);1H. The van der Waals surface area contributed by atoms with Gasteiger partial charge in [-0.15, -0.1) is 23.7 Å². The maximum absolute atomic E-state index is 13.2. The fraction of sp³-hybridized carbons (Fsp3) is 0.154. The first-order valence-corrected chi connectivity index (χ1v) is 13.7. The number of ether oxygens (including phenoxy) is 1. The third-order valence-corrected chi connectivity index (χ3v) is 9.42. The molecular weight excluding hydrogens is 555 g/mol. The molecule has 2 N–H and O–H groups in total. The van der Waals surface area contributed by atoms with Crippen LogP contribution in [0.1, 0.15) is 23.6 Å². The minimum atomic E-state index is -4.09. The zero-order valence-electron chi connectivity index (χ0n) is 19.2. The van der Waals surface area contributed by atoms with Gasteiger partial charge in [-0.05, 0) is 60.0 Å². The highest BCUT2D eigenvalue weighted by Gasteiger charge is 2.64. The Morgan fingerprint density at radius 2 is 1.81 bits per heavy atom. The number of aromatic nitrogens is 1. The van der Waals surface area contributed by atoms with Crippen LogP contribution in [0.2, 0.25) is 5.02 Å². The normalized spacial score (nSPS) is 18.6. The number of aliphatic carboxylic acids is 1. The number of hydrogen-bond donors (Lipinski definition) is 2. The Balaban J connectivity index is 0.00000320. The van der Waals surface area contributed by atoms with Gasteiger partial charge in [-0.3, -0.25) is 9.78 Å². The lowest BCUT2D eigenvalue weighted by Gasteiger charge is -2.16. The molecule has 37 heavy (non-hydrogen) atoms. The van der Waals surface area contributed by atoms with Crippen molar-refractivity contribution in [2.75, 3.05) is 0 Å². The zero-order valence-corrected chi connectivity index (χ0v) is 22.4. The van der Waals surface area contributed by atoms with Gasteiger partial charge in [0.15, 0.2) is 0 Å². The predicted octanol–water partition coefficient (Wildman–Crippen LogP) is 5.75. The number of para-hydroxylation sites is 1. The number of halogens is 2. The largest absolute Gasteiger partial charge is 0.487 e. The van der Waals surface area contributed by atoms with Gasteiger partial charge < -0.3 is 9.84 Å². The number of pyridine rings is 1. The van der Waals surface area contributed by atoms with E-state index < -0.39 is 27.4 Å². The van der Waals surface area contributed by atoms with Gasteiger partial charge in [0.05, 0.1) is 5.69 Å². The Bertz CT molecular complexity index is 1510. The van der Waals surface area contributed by atoms with Crippen LogP contribution in [0.3, 0.4) is 0 Å². The van der Waals surface area contributed by atoms with E-state index in [-0.39, 0.29) is 29.6 Å². The van der Waals surface area contributed by atoms with Crippen molar-refractivity contribution >= 4 is 51.3 Å². The van der Waals surface area contributed by atoms with Crippen molar-refractivity contribution in [3.05, 3.63) is 101 Å². The summed E-state index contributed by atoms with van der Waals surface area (Å²) in [6, 6.07) is 22.8. The average molecular weight is 578 g/mol. The number of carboxylic acids is 1. The van der Waals surface area contributed by atoms with Crippen LogP contribution in [-0.4, -0.2) is 30.0 Å². The molecule has 192 valence electrons. The highest BCUT2D eigenvalue weighted by Crippen LogP contribution is 2.55. The predicted molar refractivity (Wildman–Crippen MR) is 145 cm³/mol. The van der Waals surface area contributed by atoms with Gasteiger partial charge in [0, 0.05) is 22.0 Å². The summed E-state index contributed by atoms with van der Waals surface area (Å²) in [5, 5.41) is 10.6. The van der Waals surface area contributed by atoms with Crippen LogP contribution in [0.15, 0.2) is 89.3 Å². The lowest BCUT2D eigenvalue weighted by molar-refractivity contribution is -0.140. The van der Waals surface area contributed by atoms with Crippen LogP contribution in [0.4, 0.5) is 0 Å². The van der Waals surface area contributed by atoms with Gasteiger partial charge in [0.2, 0.25) is 0 Å². The average Bonchev–Trinajstić information content (AvgIpc) is 3.36. The van der Waals surface area contributed by atoms with Crippen molar-refractivity contribution in [2.45, 2.75) is 28.7 Å². The number of rotatable bonds is 9. The van der Waals surface area contributed by atoms with E-state index in [1.165, 1.54) is 6.07 Å². The summed E-state index contributed by atoms with van der Waals surface area (Å²) in [5.41, 5.74) is 0.518. The summed E-state index contributed by atoms with van der Waals surface area (Å²) in [7, 11) is -4.09. The van der Waals surface area contributed by atoms with Gasteiger partial charge in [-0.2, -0.15) is 4.72 Å². The number of hydrogen-bond acceptors (Lipinski definition) is 6. The lowest BCUT2D eigenvalue weighted by atomic mass is 10.1. The molecule has 1 saturated carbocycles. The minimum Gasteiger partial charge on any atom is -0.487 e. The van der Waals surface area contributed by atoms with Crippen LogP contribution in [0.5, 0.6) is 5.75 Å². The summed E-state index contributed by atoms with van der Waals surface area (Å²) in [6.45, 7) is 0.207. The van der Waals surface area contributed by atoms with Crippen molar-refractivity contribution in [3.63, 3.8) is 0 Å². The summed E-state index contributed by atoms with van der Waals surface area (Å²) in [5.74, 6) is -1.32. The van der Waals surface area contributed by atoms with E-state index in [0.29, 0.717) is 16.3 Å². The second-order valence-electron chi connectivity index (χ2n) is 8.41. The number of nitrogens with one attached hydrogen (secondary N) is 1. The zero-order chi connectivity index (χ0) is 25.3. The molecule has 0 radical (unpaired) electrons. The Morgan fingerprint density at radius 3 is 2.51 bits per heavy atom. The van der Waals surface area contributed by atoms with E-state index in [1.807, 2.05) is 12.1 Å². The summed E-state index contributed by atoms with van der Waals surface area (Å²) in [6.07, 6.45) is 1.78. The monoisotopic (exact) mass is 576 g/mol. The van der Waals surface area contributed by atoms with Crippen LogP contribution in [-0.2, 0) is 21.4 Å². The molecule has 0 spiro atoms. The lowest BCUT2D eigenvalue weighted by Crippen LogP contribution is -2.44. The first-order chi connectivity index (χ1) is 17.3. The molecule has 1 fully saturated rings. The first kappa shape index (κ1) is 27.1. The molecule has 0 aliphatic heterocycles. The molecule has 4 aromatic rings. The molecule has 0 amide bonds. The van der Waals surface area contributed by atoms with E-state index in [0.717, 1.165) is 27.5 Å². The number of carboxylic acid groups (broad SMARTS) is 1. The quantitative estimate of drug-likeness (QED) is 0.262. The summed E-state index contributed by atoms with van der Waals surface area (Å²) < 4.78 is 34.9. The van der Waals surface area contributed by atoms with Gasteiger partial charge >= 0.3 is 5.97 Å². The topological polar surface area (TPSA) is 106 Å². The molecule has 2 aromatic heterocycles. The number of thiophene rings is 1. The van der Waals surface area contributed by atoms with E-state index in [1.54, 1.807) is 66.9 Å². The molecule has 2 aromatic carbocycles. The highest BCUT2D eigenvalue weighted by molar-refractivity contribution is 7.91. The van der Waals surface area contributed by atoms with Crippen LogP contribution in [0.25, 0.3) is 10.4 Å². The fourth-order valence-electron chi connectivity index (χ4n) is 4.09. The fourth-order valence-corrected chi connectivity index (χ4v) is 6.93.